The lowest BCUT2D eigenvalue weighted by atomic mass is 10.1. The van der Waals surface area contributed by atoms with Crippen molar-refractivity contribution in [2.45, 2.75) is 39.0 Å². The van der Waals surface area contributed by atoms with E-state index in [-0.39, 0.29) is 5.91 Å². The van der Waals surface area contributed by atoms with E-state index in [1.54, 1.807) is 0 Å². The van der Waals surface area contributed by atoms with Gasteiger partial charge >= 0.3 is 0 Å². The maximum Gasteiger partial charge on any atom is 0.272 e. The van der Waals surface area contributed by atoms with Gasteiger partial charge < -0.3 is 4.90 Å². The molecule has 0 bridgehead atoms. The summed E-state index contributed by atoms with van der Waals surface area (Å²) in [4.78, 5) is 18.6. The standard InChI is InChI=1S/C14H20N2O/c1-11(2)12-7-6-8-13(15-12)14(17)16-9-4-3-5-10-16/h6-8,11H,3-5,9-10H2,1-2H3. The van der Waals surface area contributed by atoms with Crippen LogP contribution in [0, 0.1) is 0 Å². The molecule has 2 rings (SSSR count). The van der Waals surface area contributed by atoms with Crippen LogP contribution in [0.25, 0.3) is 0 Å². The zero-order valence-electron chi connectivity index (χ0n) is 10.6. The first-order valence-corrected chi connectivity index (χ1v) is 6.44. The number of piperidine rings is 1. The van der Waals surface area contributed by atoms with Crippen molar-refractivity contribution in [3.8, 4) is 0 Å². The van der Waals surface area contributed by atoms with E-state index in [1.807, 2.05) is 23.1 Å². The summed E-state index contributed by atoms with van der Waals surface area (Å²) in [5.41, 5.74) is 1.59. The van der Waals surface area contributed by atoms with Crippen LogP contribution in [-0.4, -0.2) is 28.9 Å². The van der Waals surface area contributed by atoms with E-state index in [0.29, 0.717) is 11.6 Å². The number of rotatable bonds is 2. The first-order chi connectivity index (χ1) is 8.18. The molecule has 2 heterocycles. The quantitative estimate of drug-likeness (QED) is 0.785. The van der Waals surface area contributed by atoms with Crippen LogP contribution in [0.1, 0.15) is 55.2 Å². The summed E-state index contributed by atoms with van der Waals surface area (Å²) in [6, 6.07) is 5.74. The largest absolute Gasteiger partial charge is 0.337 e. The minimum atomic E-state index is 0.0900. The van der Waals surface area contributed by atoms with Crippen LogP contribution in [0.3, 0.4) is 0 Å². The summed E-state index contributed by atoms with van der Waals surface area (Å²) < 4.78 is 0. The monoisotopic (exact) mass is 232 g/mol. The molecule has 0 radical (unpaired) electrons. The molecule has 1 aromatic rings. The average Bonchev–Trinajstić information content (AvgIpc) is 2.39. The molecule has 1 aliphatic heterocycles. The third-order valence-electron chi connectivity index (χ3n) is 3.22. The number of amides is 1. The van der Waals surface area contributed by atoms with Gasteiger partial charge in [0.1, 0.15) is 5.69 Å². The van der Waals surface area contributed by atoms with Crippen molar-refractivity contribution in [1.29, 1.82) is 0 Å². The van der Waals surface area contributed by atoms with Gasteiger partial charge in [-0.05, 0) is 37.3 Å². The third kappa shape index (κ3) is 2.84. The van der Waals surface area contributed by atoms with Crippen molar-refractivity contribution in [3.05, 3.63) is 29.6 Å². The zero-order valence-corrected chi connectivity index (χ0v) is 10.6. The van der Waals surface area contributed by atoms with Gasteiger partial charge in [0.05, 0.1) is 0 Å². The maximum absolute atomic E-state index is 12.2. The van der Waals surface area contributed by atoms with Crippen LogP contribution >= 0.6 is 0 Å². The SMILES string of the molecule is CC(C)c1cccc(C(=O)N2CCCCC2)n1. The maximum atomic E-state index is 12.2. The van der Waals surface area contributed by atoms with Crippen LogP contribution < -0.4 is 0 Å². The Hall–Kier alpha value is -1.38. The molecule has 0 atom stereocenters. The van der Waals surface area contributed by atoms with E-state index in [1.165, 1.54) is 6.42 Å². The fraction of sp³-hybridized carbons (Fsp3) is 0.571. The minimum Gasteiger partial charge on any atom is -0.337 e. The second kappa shape index (κ2) is 5.30. The van der Waals surface area contributed by atoms with Gasteiger partial charge in [0.25, 0.3) is 5.91 Å². The fourth-order valence-electron chi connectivity index (χ4n) is 2.15. The predicted octanol–water partition coefficient (Wildman–Crippen LogP) is 2.83. The van der Waals surface area contributed by atoms with Crippen LogP contribution in [0.5, 0.6) is 0 Å². The molecule has 1 saturated heterocycles. The van der Waals surface area contributed by atoms with Crippen molar-refractivity contribution in [2.24, 2.45) is 0 Å². The first kappa shape index (κ1) is 12.1. The summed E-state index contributed by atoms with van der Waals surface area (Å²) in [7, 11) is 0. The highest BCUT2D eigenvalue weighted by Gasteiger charge is 2.19. The Balaban J connectivity index is 2.15. The number of aromatic nitrogens is 1. The lowest BCUT2D eigenvalue weighted by molar-refractivity contribution is 0.0718. The molecule has 0 aliphatic carbocycles. The normalized spacial score (nSPS) is 16.3. The Morgan fingerprint density at radius 2 is 1.94 bits per heavy atom. The highest BCUT2D eigenvalue weighted by atomic mass is 16.2. The Kier molecular flexibility index (Phi) is 3.77. The van der Waals surface area contributed by atoms with E-state index < -0.39 is 0 Å². The van der Waals surface area contributed by atoms with Gasteiger partial charge in [0.2, 0.25) is 0 Å². The van der Waals surface area contributed by atoms with Crippen molar-refractivity contribution in [2.75, 3.05) is 13.1 Å². The van der Waals surface area contributed by atoms with Crippen molar-refractivity contribution >= 4 is 5.91 Å². The van der Waals surface area contributed by atoms with Gasteiger partial charge in [0.15, 0.2) is 0 Å². The number of pyridine rings is 1. The molecule has 1 aromatic heterocycles. The minimum absolute atomic E-state index is 0.0900. The van der Waals surface area contributed by atoms with Crippen LogP contribution in [0.15, 0.2) is 18.2 Å². The van der Waals surface area contributed by atoms with Gasteiger partial charge in [-0.1, -0.05) is 19.9 Å². The number of carbonyl (C=O) groups excluding carboxylic acids is 1. The lowest BCUT2D eigenvalue weighted by Gasteiger charge is -2.26. The summed E-state index contributed by atoms with van der Waals surface area (Å²) in [5.74, 6) is 0.455. The van der Waals surface area contributed by atoms with Gasteiger partial charge in [-0.15, -0.1) is 0 Å². The lowest BCUT2D eigenvalue weighted by Crippen LogP contribution is -2.36. The van der Waals surface area contributed by atoms with Crippen LogP contribution in [0.2, 0.25) is 0 Å². The molecule has 0 aromatic carbocycles. The van der Waals surface area contributed by atoms with E-state index >= 15 is 0 Å². The molecular weight excluding hydrogens is 212 g/mol. The van der Waals surface area contributed by atoms with Crippen LogP contribution in [0.4, 0.5) is 0 Å². The van der Waals surface area contributed by atoms with Gasteiger partial charge in [-0.2, -0.15) is 0 Å². The Morgan fingerprint density at radius 3 is 2.59 bits per heavy atom. The van der Waals surface area contributed by atoms with Crippen molar-refractivity contribution in [1.82, 2.24) is 9.88 Å². The Morgan fingerprint density at radius 1 is 1.24 bits per heavy atom. The van der Waals surface area contributed by atoms with Crippen LogP contribution in [-0.2, 0) is 0 Å². The molecular formula is C14H20N2O. The van der Waals surface area contributed by atoms with E-state index in [9.17, 15) is 4.79 Å². The molecule has 0 spiro atoms. The second-order valence-corrected chi connectivity index (χ2v) is 4.96. The molecule has 1 amide bonds. The first-order valence-electron chi connectivity index (χ1n) is 6.44. The fourth-order valence-corrected chi connectivity index (χ4v) is 2.15. The molecule has 3 heteroatoms. The highest BCUT2D eigenvalue weighted by molar-refractivity contribution is 5.92. The molecule has 3 nitrogen and oxygen atoms in total. The highest BCUT2D eigenvalue weighted by Crippen LogP contribution is 2.15. The molecule has 0 N–H and O–H groups in total. The molecule has 1 fully saturated rings. The number of hydrogen-bond acceptors (Lipinski definition) is 2. The zero-order chi connectivity index (χ0) is 12.3. The van der Waals surface area contributed by atoms with Crippen molar-refractivity contribution < 1.29 is 4.79 Å². The smallest absolute Gasteiger partial charge is 0.272 e. The summed E-state index contributed by atoms with van der Waals surface area (Å²) in [6.07, 6.45) is 3.48. The van der Waals surface area contributed by atoms with Crippen molar-refractivity contribution in [3.63, 3.8) is 0 Å². The number of likely N-dealkylation sites (tertiary alicyclic amines) is 1. The van der Waals surface area contributed by atoms with E-state index in [0.717, 1.165) is 31.6 Å². The summed E-state index contributed by atoms with van der Waals surface area (Å²) >= 11 is 0. The summed E-state index contributed by atoms with van der Waals surface area (Å²) in [5, 5.41) is 0. The average molecular weight is 232 g/mol. The molecule has 92 valence electrons. The Bertz CT molecular complexity index is 395. The second-order valence-electron chi connectivity index (χ2n) is 4.96. The topological polar surface area (TPSA) is 33.2 Å². The summed E-state index contributed by atoms with van der Waals surface area (Å²) in [6.45, 7) is 5.95. The molecule has 17 heavy (non-hydrogen) atoms. The van der Waals surface area contributed by atoms with Gasteiger partial charge in [-0.3, -0.25) is 4.79 Å². The van der Waals surface area contributed by atoms with E-state index in [2.05, 4.69) is 18.8 Å². The number of carbonyl (C=O) groups is 1. The third-order valence-corrected chi connectivity index (χ3v) is 3.22. The number of hydrogen-bond donors (Lipinski definition) is 0. The predicted molar refractivity (Wildman–Crippen MR) is 68.1 cm³/mol. The van der Waals surface area contributed by atoms with Gasteiger partial charge in [0, 0.05) is 18.8 Å². The van der Waals surface area contributed by atoms with E-state index in [4.69, 9.17) is 0 Å². The van der Waals surface area contributed by atoms with Gasteiger partial charge in [-0.25, -0.2) is 4.98 Å². The molecule has 0 unspecified atom stereocenters. The Labute approximate surface area is 103 Å². The molecule has 0 saturated carbocycles. The molecule has 1 aliphatic rings. The number of nitrogens with zero attached hydrogens (tertiary/aromatic N) is 2.